The van der Waals surface area contributed by atoms with Crippen molar-refractivity contribution in [1.29, 1.82) is 0 Å². The number of nitrogens with one attached hydrogen (secondary N) is 1. The van der Waals surface area contributed by atoms with Crippen molar-refractivity contribution in [2.24, 2.45) is 4.99 Å². The van der Waals surface area contributed by atoms with Crippen LogP contribution in [0.5, 0.6) is 0 Å². The monoisotopic (exact) mass is 516 g/mol. The van der Waals surface area contributed by atoms with Crippen LogP contribution in [-0.2, 0) is 9.84 Å². The maximum atomic E-state index is 12.4. The van der Waals surface area contributed by atoms with Crippen LogP contribution in [-0.4, -0.2) is 74.8 Å². The summed E-state index contributed by atoms with van der Waals surface area (Å²) in [6, 6.07) is 10.3. The molecule has 0 bridgehead atoms. The number of sulfone groups is 1. The number of piperazine rings is 1. The molecule has 152 valence electrons. The summed E-state index contributed by atoms with van der Waals surface area (Å²) in [6.45, 7) is 3.42. The maximum absolute atomic E-state index is 12.4. The second kappa shape index (κ2) is 10.6. The lowest BCUT2D eigenvalue weighted by Gasteiger charge is -2.36. The van der Waals surface area contributed by atoms with E-state index in [0.29, 0.717) is 17.4 Å². The van der Waals surface area contributed by atoms with Crippen molar-refractivity contribution >= 4 is 45.7 Å². The Morgan fingerprint density at radius 3 is 2.32 bits per heavy atom. The van der Waals surface area contributed by atoms with E-state index in [9.17, 15) is 8.42 Å². The van der Waals surface area contributed by atoms with Crippen LogP contribution < -0.4 is 10.2 Å². The molecule has 0 unspecified atom stereocenters. The highest BCUT2D eigenvalue weighted by molar-refractivity contribution is 14.0. The highest BCUT2D eigenvalue weighted by atomic mass is 127. The van der Waals surface area contributed by atoms with E-state index in [4.69, 9.17) is 0 Å². The van der Waals surface area contributed by atoms with Crippen molar-refractivity contribution < 1.29 is 8.42 Å². The van der Waals surface area contributed by atoms with Crippen molar-refractivity contribution in [2.45, 2.75) is 4.90 Å². The Labute approximate surface area is 183 Å². The van der Waals surface area contributed by atoms with Gasteiger partial charge in [0.25, 0.3) is 0 Å². The molecule has 8 nitrogen and oxygen atoms in total. The molecule has 3 rings (SSSR count). The maximum Gasteiger partial charge on any atom is 0.225 e. The second-order valence-corrected chi connectivity index (χ2v) is 8.24. The number of hydrogen-bond acceptors (Lipinski definition) is 6. The molecular weight excluding hydrogens is 491 g/mol. The Hall–Kier alpha value is -1.95. The number of aliphatic imine (C=N–C) groups is 1. The summed E-state index contributed by atoms with van der Waals surface area (Å²) in [5, 5.41) is 3.17. The van der Waals surface area contributed by atoms with Crippen LogP contribution in [0.4, 0.5) is 5.95 Å². The van der Waals surface area contributed by atoms with Crippen LogP contribution in [0, 0.1) is 0 Å². The Balaban J connectivity index is 0.00000280. The minimum atomic E-state index is -3.30. The van der Waals surface area contributed by atoms with Crippen molar-refractivity contribution in [3.05, 3.63) is 48.8 Å². The van der Waals surface area contributed by atoms with Gasteiger partial charge in [-0.1, -0.05) is 18.2 Å². The van der Waals surface area contributed by atoms with Gasteiger partial charge in [-0.05, 0) is 18.2 Å². The zero-order valence-electron chi connectivity index (χ0n) is 15.7. The van der Waals surface area contributed by atoms with Gasteiger partial charge in [-0.25, -0.2) is 18.4 Å². The van der Waals surface area contributed by atoms with Crippen LogP contribution in [0.3, 0.4) is 0 Å². The lowest BCUT2D eigenvalue weighted by Crippen LogP contribution is -2.53. The lowest BCUT2D eigenvalue weighted by molar-refractivity contribution is 0.371. The largest absolute Gasteiger partial charge is 0.355 e. The highest BCUT2D eigenvalue weighted by Crippen LogP contribution is 2.11. The predicted octanol–water partition coefficient (Wildman–Crippen LogP) is 1.27. The third kappa shape index (κ3) is 5.77. The Kier molecular flexibility index (Phi) is 8.42. The summed E-state index contributed by atoms with van der Waals surface area (Å²) in [7, 11) is -1.59. The van der Waals surface area contributed by atoms with Gasteiger partial charge in [0.05, 0.1) is 10.6 Å². The fourth-order valence-corrected chi connectivity index (χ4v) is 4.13. The smallest absolute Gasteiger partial charge is 0.225 e. The fourth-order valence-electron chi connectivity index (χ4n) is 2.95. The van der Waals surface area contributed by atoms with Gasteiger partial charge in [-0.15, -0.1) is 24.0 Å². The van der Waals surface area contributed by atoms with Gasteiger partial charge in [0, 0.05) is 52.2 Å². The number of benzene rings is 1. The SMILES string of the molecule is CN=C(NCCS(=O)(=O)c1ccccc1)N1CCN(c2ncccn2)CC1.I. The van der Waals surface area contributed by atoms with Gasteiger partial charge in [-0.2, -0.15) is 0 Å². The van der Waals surface area contributed by atoms with Crippen molar-refractivity contribution in [3.63, 3.8) is 0 Å². The Morgan fingerprint density at radius 1 is 1.07 bits per heavy atom. The molecule has 0 aliphatic carbocycles. The zero-order valence-corrected chi connectivity index (χ0v) is 18.9. The van der Waals surface area contributed by atoms with Crippen molar-refractivity contribution in [3.8, 4) is 0 Å². The fraction of sp³-hybridized carbons (Fsp3) is 0.389. The van der Waals surface area contributed by atoms with Gasteiger partial charge in [0.2, 0.25) is 5.95 Å². The van der Waals surface area contributed by atoms with Gasteiger partial charge < -0.3 is 15.1 Å². The highest BCUT2D eigenvalue weighted by Gasteiger charge is 2.21. The number of anilines is 1. The lowest BCUT2D eigenvalue weighted by atomic mass is 10.3. The number of halogens is 1. The average Bonchev–Trinajstić information content (AvgIpc) is 2.73. The van der Waals surface area contributed by atoms with Crippen LogP contribution in [0.25, 0.3) is 0 Å². The summed E-state index contributed by atoms with van der Waals surface area (Å²) < 4.78 is 24.7. The summed E-state index contributed by atoms with van der Waals surface area (Å²) in [5.41, 5.74) is 0. The number of nitrogens with zero attached hydrogens (tertiary/aromatic N) is 5. The van der Waals surface area contributed by atoms with Crippen molar-refractivity contribution in [1.82, 2.24) is 20.2 Å². The molecule has 1 aliphatic heterocycles. The summed E-state index contributed by atoms with van der Waals surface area (Å²) in [6.07, 6.45) is 3.48. The summed E-state index contributed by atoms with van der Waals surface area (Å²) in [4.78, 5) is 17.4. The van der Waals surface area contributed by atoms with E-state index in [-0.39, 0.29) is 29.7 Å². The third-order valence-electron chi connectivity index (χ3n) is 4.38. The minimum Gasteiger partial charge on any atom is -0.355 e. The molecule has 0 spiro atoms. The van der Waals surface area contributed by atoms with Crippen LogP contribution in [0.2, 0.25) is 0 Å². The van der Waals surface area contributed by atoms with Gasteiger partial charge in [-0.3, -0.25) is 4.99 Å². The zero-order chi connectivity index (χ0) is 19.1. The molecule has 2 heterocycles. The quantitative estimate of drug-likeness (QED) is 0.364. The molecule has 1 aromatic heterocycles. The van der Waals surface area contributed by atoms with E-state index in [1.807, 2.05) is 0 Å². The van der Waals surface area contributed by atoms with E-state index >= 15 is 0 Å². The van der Waals surface area contributed by atoms with E-state index in [1.165, 1.54) is 0 Å². The molecule has 1 fully saturated rings. The molecule has 0 radical (unpaired) electrons. The molecule has 10 heteroatoms. The van der Waals surface area contributed by atoms with E-state index in [1.54, 1.807) is 55.8 Å². The number of aromatic nitrogens is 2. The third-order valence-corrected chi connectivity index (χ3v) is 6.11. The minimum absolute atomic E-state index is 0. The molecule has 28 heavy (non-hydrogen) atoms. The Bertz CT molecular complexity index is 856. The standard InChI is InChI=1S/C18H24N6O2S.HI/c1-19-17(22-10-15-27(25,26)16-6-3-2-4-7-16)23-11-13-24(14-12-23)18-20-8-5-9-21-18;/h2-9H,10-15H2,1H3,(H,19,22);1H. The first kappa shape index (κ1) is 22.3. The first-order chi connectivity index (χ1) is 13.1. The molecule has 1 N–H and O–H groups in total. The van der Waals surface area contributed by atoms with Crippen molar-refractivity contribution in [2.75, 3.05) is 50.4 Å². The first-order valence-electron chi connectivity index (χ1n) is 8.85. The Morgan fingerprint density at radius 2 is 1.71 bits per heavy atom. The average molecular weight is 516 g/mol. The molecule has 1 saturated heterocycles. The van der Waals surface area contributed by atoms with Gasteiger partial charge in [0.1, 0.15) is 0 Å². The van der Waals surface area contributed by atoms with Crippen LogP contribution >= 0.6 is 24.0 Å². The second-order valence-electron chi connectivity index (χ2n) is 6.13. The molecular formula is C18H25IN6O2S. The predicted molar refractivity (Wildman–Crippen MR) is 121 cm³/mol. The summed E-state index contributed by atoms with van der Waals surface area (Å²) >= 11 is 0. The van der Waals surface area contributed by atoms with Gasteiger partial charge in [0.15, 0.2) is 15.8 Å². The van der Waals surface area contributed by atoms with Crippen LogP contribution in [0.1, 0.15) is 0 Å². The number of guanidine groups is 1. The molecule has 1 aliphatic rings. The molecule has 2 aromatic rings. The first-order valence-corrected chi connectivity index (χ1v) is 10.5. The normalized spacial score (nSPS) is 15.1. The van der Waals surface area contributed by atoms with E-state index < -0.39 is 9.84 Å². The topological polar surface area (TPSA) is 90.8 Å². The summed E-state index contributed by atoms with van der Waals surface area (Å²) in [5.74, 6) is 1.47. The molecule has 0 amide bonds. The number of hydrogen-bond donors (Lipinski definition) is 1. The van der Waals surface area contributed by atoms with E-state index in [0.717, 1.165) is 32.1 Å². The molecule has 0 atom stereocenters. The van der Waals surface area contributed by atoms with E-state index in [2.05, 4.69) is 30.1 Å². The van der Waals surface area contributed by atoms with Gasteiger partial charge >= 0.3 is 0 Å². The molecule has 0 saturated carbocycles. The van der Waals surface area contributed by atoms with Crippen LogP contribution in [0.15, 0.2) is 58.7 Å². The molecule has 1 aromatic carbocycles. The number of rotatable bonds is 5.